The summed E-state index contributed by atoms with van der Waals surface area (Å²) in [6.07, 6.45) is 1.56. The number of methoxy groups -OCH3 is 2. The molecule has 0 heterocycles. The lowest BCUT2D eigenvalue weighted by molar-refractivity contribution is -0.113. The van der Waals surface area contributed by atoms with Gasteiger partial charge in [0.25, 0.3) is 11.8 Å². The maximum absolute atomic E-state index is 13.1. The van der Waals surface area contributed by atoms with Gasteiger partial charge in [0.1, 0.15) is 5.70 Å². The molecule has 0 bridgehead atoms. The summed E-state index contributed by atoms with van der Waals surface area (Å²) in [7, 11) is 3.05. The van der Waals surface area contributed by atoms with Crippen LogP contribution in [0.1, 0.15) is 15.9 Å². The maximum Gasteiger partial charge on any atom is 0.272 e. The van der Waals surface area contributed by atoms with E-state index in [9.17, 15) is 9.59 Å². The fourth-order valence-electron chi connectivity index (χ4n) is 2.86. The highest BCUT2D eigenvalue weighted by Gasteiger charge is 2.17. The number of rotatable bonds is 7. The molecule has 3 aromatic rings. The van der Waals surface area contributed by atoms with Crippen molar-refractivity contribution in [2.24, 2.45) is 0 Å². The first-order chi connectivity index (χ1) is 15.0. The third kappa shape index (κ3) is 5.85. The number of benzene rings is 3. The molecule has 0 atom stereocenters. The van der Waals surface area contributed by atoms with Gasteiger partial charge in [-0.1, -0.05) is 30.3 Å². The van der Waals surface area contributed by atoms with Gasteiger partial charge >= 0.3 is 0 Å². The van der Waals surface area contributed by atoms with E-state index in [0.717, 1.165) is 3.57 Å². The molecule has 2 N–H and O–H groups in total. The van der Waals surface area contributed by atoms with Crippen molar-refractivity contribution in [1.29, 1.82) is 0 Å². The molecule has 0 aromatic heterocycles. The topological polar surface area (TPSA) is 76.7 Å². The van der Waals surface area contributed by atoms with Gasteiger partial charge in [-0.2, -0.15) is 0 Å². The molecule has 0 fully saturated rings. The summed E-state index contributed by atoms with van der Waals surface area (Å²) in [5.74, 6) is 0.114. The SMILES string of the molecule is COc1cccc(/C=C(\NC(=O)c2ccccc2)C(=O)Nc2ccc(I)cc2)c1OC. The summed E-state index contributed by atoms with van der Waals surface area (Å²) in [6.45, 7) is 0. The molecule has 7 heteroatoms. The summed E-state index contributed by atoms with van der Waals surface area (Å²) in [4.78, 5) is 25.8. The first-order valence-corrected chi connectivity index (χ1v) is 10.5. The normalized spacial score (nSPS) is 10.9. The zero-order valence-corrected chi connectivity index (χ0v) is 19.2. The molecule has 0 aliphatic carbocycles. The zero-order valence-electron chi connectivity index (χ0n) is 17.0. The highest BCUT2D eigenvalue weighted by Crippen LogP contribution is 2.32. The van der Waals surface area contributed by atoms with E-state index in [2.05, 4.69) is 33.2 Å². The monoisotopic (exact) mass is 528 g/mol. The van der Waals surface area contributed by atoms with E-state index >= 15 is 0 Å². The highest BCUT2D eigenvalue weighted by molar-refractivity contribution is 14.1. The number of nitrogens with one attached hydrogen (secondary N) is 2. The van der Waals surface area contributed by atoms with Crippen molar-refractivity contribution < 1.29 is 19.1 Å². The van der Waals surface area contributed by atoms with Gasteiger partial charge in [0.05, 0.1) is 14.2 Å². The van der Waals surface area contributed by atoms with Crippen molar-refractivity contribution in [3.05, 3.63) is 93.2 Å². The van der Waals surface area contributed by atoms with Crippen LogP contribution in [0.15, 0.2) is 78.5 Å². The molecule has 0 saturated heterocycles. The first-order valence-electron chi connectivity index (χ1n) is 9.38. The summed E-state index contributed by atoms with van der Waals surface area (Å²) >= 11 is 2.19. The Morgan fingerprint density at radius 1 is 0.871 bits per heavy atom. The molecule has 2 amide bonds. The van der Waals surface area contributed by atoms with E-state index in [0.29, 0.717) is 28.3 Å². The Hall–Kier alpha value is -3.33. The van der Waals surface area contributed by atoms with Crippen LogP contribution in [0.25, 0.3) is 6.08 Å². The molecular weight excluding hydrogens is 507 g/mol. The molecule has 0 unspecified atom stereocenters. The number of ether oxygens (including phenoxy) is 2. The zero-order chi connectivity index (χ0) is 22.2. The van der Waals surface area contributed by atoms with Gasteiger partial charge in [0.15, 0.2) is 11.5 Å². The molecule has 0 saturated carbocycles. The fourth-order valence-corrected chi connectivity index (χ4v) is 3.21. The third-order valence-electron chi connectivity index (χ3n) is 4.36. The van der Waals surface area contributed by atoms with Gasteiger partial charge in [-0.25, -0.2) is 0 Å². The average Bonchev–Trinajstić information content (AvgIpc) is 2.80. The largest absolute Gasteiger partial charge is 0.493 e. The summed E-state index contributed by atoms with van der Waals surface area (Å²) in [5.41, 5.74) is 1.71. The highest BCUT2D eigenvalue weighted by atomic mass is 127. The number of carbonyl (C=O) groups excluding carboxylic acids is 2. The second-order valence-electron chi connectivity index (χ2n) is 6.42. The lowest BCUT2D eigenvalue weighted by atomic mass is 10.1. The molecule has 3 rings (SSSR count). The lowest BCUT2D eigenvalue weighted by Gasteiger charge is -2.14. The number of anilines is 1. The van der Waals surface area contributed by atoms with Gasteiger partial charge in [0, 0.05) is 20.4 Å². The summed E-state index contributed by atoms with van der Waals surface area (Å²) in [6, 6.07) is 21.3. The maximum atomic E-state index is 13.1. The van der Waals surface area contributed by atoms with Crippen LogP contribution in [0, 0.1) is 3.57 Å². The van der Waals surface area contributed by atoms with Crippen molar-refractivity contribution in [3.8, 4) is 11.5 Å². The second kappa shape index (κ2) is 10.6. The molecular formula is C24H21IN2O4. The minimum Gasteiger partial charge on any atom is -0.493 e. The smallest absolute Gasteiger partial charge is 0.272 e. The number of hydrogen-bond acceptors (Lipinski definition) is 4. The Kier molecular flexibility index (Phi) is 7.66. The van der Waals surface area contributed by atoms with Gasteiger partial charge in [-0.3, -0.25) is 9.59 Å². The molecule has 0 spiro atoms. The fraction of sp³-hybridized carbons (Fsp3) is 0.0833. The minimum absolute atomic E-state index is 0.0685. The average molecular weight is 528 g/mol. The van der Waals surface area contributed by atoms with Gasteiger partial charge in [-0.05, 0) is 71.1 Å². The van der Waals surface area contributed by atoms with Crippen molar-refractivity contribution >= 4 is 46.2 Å². The molecule has 0 aliphatic heterocycles. The predicted molar refractivity (Wildman–Crippen MR) is 129 cm³/mol. The van der Waals surface area contributed by atoms with Gasteiger partial charge in [-0.15, -0.1) is 0 Å². The van der Waals surface area contributed by atoms with Gasteiger partial charge < -0.3 is 20.1 Å². The Balaban J connectivity index is 1.97. The standard InChI is InChI=1S/C24H21IN2O4/c1-30-21-10-6-9-17(22(21)31-2)15-20(27-23(28)16-7-4-3-5-8-16)24(29)26-19-13-11-18(25)12-14-19/h3-15H,1-2H3,(H,26,29)(H,27,28)/b20-15-. The molecule has 31 heavy (non-hydrogen) atoms. The van der Waals surface area contributed by atoms with Crippen molar-refractivity contribution in [2.75, 3.05) is 19.5 Å². The van der Waals surface area contributed by atoms with Crippen LogP contribution in [0.5, 0.6) is 11.5 Å². The van der Waals surface area contributed by atoms with Crippen LogP contribution < -0.4 is 20.1 Å². The number of halogens is 1. The van der Waals surface area contributed by atoms with Crippen LogP contribution in [-0.4, -0.2) is 26.0 Å². The Morgan fingerprint density at radius 2 is 1.58 bits per heavy atom. The van der Waals surface area contributed by atoms with E-state index in [1.807, 2.05) is 18.2 Å². The van der Waals surface area contributed by atoms with Crippen LogP contribution in [0.3, 0.4) is 0 Å². The quantitative estimate of drug-likeness (QED) is 0.344. The van der Waals surface area contributed by atoms with Crippen LogP contribution >= 0.6 is 22.6 Å². The lowest BCUT2D eigenvalue weighted by Crippen LogP contribution is -2.30. The van der Waals surface area contributed by atoms with Crippen molar-refractivity contribution in [2.45, 2.75) is 0 Å². The predicted octanol–water partition coefficient (Wildman–Crippen LogP) is 4.72. The van der Waals surface area contributed by atoms with Crippen LogP contribution in [-0.2, 0) is 4.79 Å². The Bertz CT molecular complexity index is 1100. The minimum atomic E-state index is -0.463. The first kappa shape index (κ1) is 22.4. The number of para-hydroxylation sites is 1. The van der Waals surface area contributed by atoms with Crippen LogP contribution in [0.2, 0.25) is 0 Å². The van der Waals surface area contributed by atoms with Gasteiger partial charge in [0.2, 0.25) is 0 Å². The number of amides is 2. The van der Waals surface area contributed by atoms with E-state index in [4.69, 9.17) is 9.47 Å². The molecule has 6 nitrogen and oxygen atoms in total. The molecule has 0 aliphatic rings. The van der Waals surface area contributed by atoms with E-state index < -0.39 is 11.8 Å². The van der Waals surface area contributed by atoms with E-state index in [1.54, 1.807) is 60.7 Å². The summed E-state index contributed by atoms with van der Waals surface area (Å²) < 4.78 is 11.8. The summed E-state index contributed by atoms with van der Waals surface area (Å²) in [5, 5.41) is 5.53. The molecule has 0 radical (unpaired) electrons. The van der Waals surface area contributed by atoms with Crippen molar-refractivity contribution in [3.63, 3.8) is 0 Å². The third-order valence-corrected chi connectivity index (χ3v) is 5.08. The molecule has 3 aromatic carbocycles. The van der Waals surface area contributed by atoms with Crippen molar-refractivity contribution in [1.82, 2.24) is 5.32 Å². The second-order valence-corrected chi connectivity index (χ2v) is 7.67. The van der Waals surface area contributed by atoms with E-state index in [1.165, 1.54) is 14.2 Å². The van der Waals surface area contributed by atoms with Crippen LogP contribution in [0.4, 0.5) is 5.69 Å². The number of carbonyl (C=O) groups is 2. The van der Waals surface area contributed by atoms with E-state index in [-0.39, 0.29) is 5.70 Å². The Morgan fingerprint density at radius 3 is 2.23 bits per heavy atom. The molecule has 158 valence electrons. The number of hydrogen-bond donors (Lipinski definition) is 2. The Labute approximate surface area is 194 Å².